The lowest BCUT2D eigenvalue weighted by molar-refractivity contribution is 0.0703. The third kappa shape index (κ3) is 4.37. The van der Waals surface area contributed by atoms with Gasteiger partial charge in [0.15, 0.2) is 0 Å². The summed E-state index contributed by atoms with van der Waals surface area (Å²) < 4.78 is 0. The van der Waals surface area contributed by atoms with Crippen LogP contribution in [0.15, 0.2) is 24.4 Å². The number of carbonyl (C=O) groups is 1. The van der Waals surface area contributed by atoms with Crippen molar-refractivity contribution in [2.45, 2.75) is 63.7 Å². The van der Waals surface area contributed by atoms with Gasteiger partial charge in [0.2, 0.25) is 0 Å². The molecule has 6 nitrogen and oxygen atoms in total. The largest absolute Gasteiger partial charge is 0.337 e. The Bertz CT molecular complexity index is 839. The Hall–Kier alpha value is -2.21. The molecule has 2 aliphatic heterocycles. The lowest BCUT2D eigenvalue weighted by atomic mass is 9.85. The molecule has 0 aliphatic carbocycles. The van der Waals surface area contributed by atoms with E-state index >= 15 is 0 Å². The second-order valence-corrected chi connectivity index (χ2v) is 9.49. The maximum atomic E-state index is 13.2. The monoisotopic (exact) mass is 395 g/mol. The molecule has 29 heavy (non-hydrogen) atoms. The third-order valence-corrected chi connectivity index (χ3v) is 6.42. The fraction of sp³-hybridized carbons (Fsp3) is 0.609. The van der Waals surface area contributed by atoms with E-state index in [9.17, 15) is 4.79 Å². The quantitative estimate of drug-likeness (QED) is 0.833. The lowest BCUT2D eigenvalue weighted by Crippen LogP contribution is -2.39. The summed E-state index contributed by atoms with van der Waals surface area (Å²) in [5.74, 6) is 1.09. The lowest BCUT2D eigenvalue weighted by Gasteiger charge is -2.32. The van der Waals surface area contributed by atoms with Gasteiger partial charge in [0.05, 0.1) is 5.69 Å². The van der Waals surface area contributed by atoms with Crippen molar-refractivity contribution in [3.8, 4) is 0 Å². The van der Waals surface area contributed by atoms with Crippen molar-refractivity contribution < 1.29 is 4.79 Å². The molecular formula is C23H33N5O. The standard InChI is InChI=1S/C23H33N5O/c1-23(2,3)18-5-4-10-25-21(18)22(29)28-13-8-17(9-14-28)20-15-19(26-27-20)16-6-11-24-12-7-16/h4-5,10,15-17,24H,6-9,11-14H2,1-3H3,(H,26,27). The highest BCUT2D eigenvalue weighted by molar-refractivity contribution is 5.94. The van der Waals surface area contributed by atoms with E-state index in [1.165, 1.54) is 11.4 Å². The topological polar surface area (TPSA) is 73.9 Å². The first-order valence-corrected chi connectivity index (χ1v) is 10.9. The van der Waals surface area contributed by atoms with Crippen molar-refractivity contribution >= 4 is 5.91 Å². The van der Waals surface area contributed by atoms with Crippen LogP contribution in [0.3, 0.4) is 0 Å². The van der Waals surface area contributed by atoms with Crippen molar-refractivity contribution in [3.63, 3.8) is 0 Å². The van der Waals surface area contributed by atoms with Crippen LogP contribution in [-0.2, 0) is 5.41 Å². The van der Waals surface area contributed by atoms with Crippen LogP contribution in [0.4, 0.5) is 0 Å². The van der Waals surface area contributed by atoms with Gasteiger partial charge in [-0.1, -0.05) is 26.8 Å². The van der Waals surface area contributed by atoms with E-state index in [4.69, 9.17) is 0 Å². The second-order valence-electron chi connectivity index (χ2n) is 9.49. The molecule has 0 radical (unpaired) electrons. The van der Waals surface area contributed by atoms with E-state index in [2.05, 4.69) is 47.3 Å². The molecule has 1 amide bonds. The van der Waals surface area contributed by atoms with Crippen molar-refractivity contribution in [1.29, 1.82) is 0 Å². The average molecular weight is 396 g/mol. The smallest absolute Gasteiger partial charge is 0.272 e. The van der Waals surface area contributed by atoms with Gasteiger partial charge in [-0.15, -0.1) is 0 Å². The van der Waals surface area contributed by atoms with Gasteiger partial charge in [-0.2, -0.15) is 5.10 Å². The first-order chi connectivity index (χ1) is 13.9. The van der Waals surface area contributed by atoms with Crippen LogP contribution >= 0.6 is 0 Å². The molecule has 0 spiro atoms. The predicted molar refractivity (Wildman–Crippen MR) is 114 cm³/mol. The Morgan fingerprint density at radius 2 is 1.83 bits per heavy atom. The molecule has 2 N–H and O–H groups in total. The maximum Gasteiger partial charge on any atom is 0.272 e. The van der Waals surface area contributed by atoms with Crippen LogP contribution < -0.4 is 5.32 Å². The first kappa shape index (κ1) is 20.1. The number of pyridine rings is 1. The molecule has 0 aromatic carbocycles. The van der Waals surface area contributed by atoms with Gasteiger partial charge in [-0.3, -0.25) is 14.9 Å². The van der Waals surface area contributed by atoms with Gasteiger partial charge in [-0.25, -0.2) is 0 Å². The Morgan fingerprint density at radius 1 is 1.10 bits per heavy atom. The molecule has 4 rings (SSSR count). The number of nitrogens with one attached hydrogen (secondary N) is 2. The Kier molecular flexibility index (Phi) is 5.72. The maximum absolute atomic E-state index is 13.2. The summed E-state index contributed by atoms with van der Waals surface area (Å²) >= 11 is 0. The van der Waals surface area contributed by atoms with Crippen molar-refractivity contribution in [1.82, 2.24) is 25.4 Å². The van der Waals surface area contributed by atoms with Gasteiger partial charge >= 0.3 is 0 Å². The average Bonchev–Trinajstić information content (AvgIpc) is 3.24. The Labute approximate surface area is 173 Å². The number of likely N-dealkylation sites (tertiary alicyclic amines) is 1. The number of amides is 1. The van der Waals surface area contributed by atoms with E-state index in [1.54, 1.807) is 6.20 Å². The fourth-order valence-corrected chi connectivity index (χ4v) is 4.61. The number of hydrogen-bond acceptors (Lipinski definition) is 4. The zero-order valence-electron chi connectivity index (χ0n) is 17.9. The predicted octanol–water partition coefficient (Wildman–Crippen LogP) is 3.59. The normalized spacial score (nSPS) is 19.5. The number of nitrogens with zero attached hydrogens (tertiary/aromatic N) is 3. The number of hydrogen-bond donors (Lipinski definition) is 2. The van der Waals surface area contributed by atoms with Crippen molar-refractivity contribution in [3.05, 3.63) is 47.0 Å². The van der Waals surface area contributed by atoms with E-state index in [1.807, 2.05) is 17.0 Å². The summed E-state index contributed by atoms with van der Waals surface area (Å²) in [6.45, 7) is 10.1. The molecular weight excluding hydrogens is 362 g/mol. The molecule has 2 fully saturated rings. The van der Waals surface area contributed by atoms with E-state index in [-0.39, 0.29) is 11.3 Å². The van der Waals surface area contributed by atoms with Gasteiger partial charge in [-0.05, 0) is 61.9 Å². The molecule has 4 heterocycles. The molecule has 2 aliphatic rings. The summed E-state index contributed by atoms with van der Waals surface area (Å²) in [6.07, 6.45) is 5.99. The molecule has 156 valence electrons. The SMILES string of the molecule is CC(C)(C)c1cccnc1C(=O)N1CCC(c2cc(C3CCNCC3)n[nH]2)CC1. The molecule has 2 saturated heterocycles. The van der Waals surface area contributed by atoms with Crippen LogP contribution in [0, 0.1) is 0 Å². The number of aromatic amines is 1. The minimum atomic E-state index is -0.0987. The fourth-order valence-electron chi connectivity index (χ4n) is 4.61. The van der Waals surface area contributed by atoms with Gasteiger partial charge in [0, 0.05) is 36.8 Å². The van der Waals surface area contributed by atoms with Crippen LogP contribution in [0.25, 0.3) is 0 Å². The van der Waals surface area contributed by atoms with E-state index < -0.39 is 0 Å². The number of rotatable bonds is 3. The zero-order chi connectivity index (χ0) is 20.4. The number of aromatic nitrogens is 3. The van der Waals surface area contributed by atoms with E-state index in [0.717, 1.165) is 57.4 Å². The summed E-state index contributed by atoms with van der Waals surface area (Å²) in [6, 6.07) is 6.22. The van der Waals surface area contributed by atoms with Crippen molar-refractivity contribution in [2.24, 2.45) is 0 Å². The molecule has 0 atom stereocenters. The Morgan fingerprint density at radius 3 is 2.52 bits per heavy atom. The Balaban J connectivity index is 1.40. The molecule has 6 heteroatoms. The highest BCUT2D eigenvalue weighted by Crippen LogP contribution is 2.32. The number of carbonyl (C=O) groups excluding carboxylic acids is 1. The zero-order valence-corrected chi connectivity index (χ0v) is 17.9. The highest BCUT2D eigenvalue weighted by Gasteiger charge is 2.30. The number of H-pyrrole nitrogens is 1. The number of piperidine rings is 2. The summed E-state index contributed by atoms with van der Waals surface area (Å²) in [5, 5.41) is 11.3. The summed E-state index contributed by atoms with van der Waals surface area (Å²) in [4.78, 5) is 19.6. The van der Waals surface area contributed by atoms with Crippen LogP contribution in [0.1, 0.15) is 85.7 Å². The third-order valence-electron chi connectivity index (χ3n) is 6.42. The van der Waals surface area contributed by atoms with Gasteiger partial charge < -0.3 is 10.2 Å². The first-order valence-electron chi connectivity index (χ1n) is 10.9. The molecule has 0 unspecified atom stereocenters. The minimum Gasteiger partial charge on any atom is -0.337 e. The molecule has 2 aromatic heterocycles. The van der Waals surface area contributed by atoms with E-state index in [0.29, 0.717) is 17.5 Å². The molecule has 2 aromatic rings. The molecule has 0 bridgehead atoms. The summed E-state index contributed by atoms with van der Waals surface area (Å²) in [7, 11) is 0. The van der Waals surface area contributed by atoms with Crippen molar-refractivity contribution in [2.75, 3.05) is 26.2 Å². The van der Waals surface area contributed by atoms with Gasteiger partial charge in [0.25, 0.3) is 5.91 Å². The molecule has 0 saturated carbocycles. The van der Waals surface area contributed by atoms with Gasteiger partial charge in [0.1, 0.15) is 5.69 Å². The van der Waals surface area contributed by atoms with Crippen LogP contribution in [-0.4, -0.2) is 52.2 Å². The van der Waals surface area contributed by atoms with Crippen LogP contribution in [0.5, 0.6) is 0 Å². The van der Waals surface area contributed by atoms with Crippen LogP contribution in [0.2, 0.25) is 0 Å². The summed E-state index contributed by atoms with van der Waals surface area (Å²) in [5.41, 5.74) is 3.97. The highest BCUT2D eigenvalue weighted by atomic mass is 16.2. The minimum absolute atomic E-state index is 0.0639. The second kappa shape index (κ2) is 8.27.